The molecule has 0 aliphatic rings. The van der Waals surface area contributed by atoms with Crippen LogP contribution >= 0.6 is 0 Å². The van der Waals surface area contributed by atoms with E-state index in [0.717, 1.165) is 5.56 Å². The number of hydrogen-bond acceptors (Lipinski definition) is 3. The number of nitrogens with two attached hydrogens (primary N) is 2. The molecule has 2 aromatic rings. The number of amides is 1. The second-order valence-corrected chi connectivity index (χ2v) is 4.80. The molecule has 104 valence electrons. The molecule has 4 heteroatoms. The molecular formula is C16H18N2O2. The van der Waals surface area contributed by atoms with E-state index in [1.54, 1.807) is 12.1 Å². The second kappa shape index (κ2) is 5.75. The molecule has 0 radical (unpaired) electrons. The fourth-order valence-electron chi connectivity index (χ4n) is 1.86. The highest BCUT2D eigenvalue weighted by Crippen LogP contribution is 2.20. The third kappa shape index (κ3) is 2.97. The zero-order valence-corrected chi connectivity index (χ0v) is 11.4. The molecule has 4 nitrogen and oxygen atoms in total. The van der Waals surface area contributed by atoms with Crippen LogP contribution in [0.3, 0.4) is 0 Å². The van der Waals surface area contributed by atoms with Gasteiger partial charge in [0.25, 0.3) is 0 Å². The maximum absolute atomic E-state index is 11.7. The van der Waals surface area contributed by atoms with Crippen molar-refractivity contribution in [1.82, 2.24) is 0 Å². The predicted molar refractivity (Wildman–Crippen MR) is 78.2 cm³/mol. The van der Waals surface area contributed by atoms with E-state index in [0.29, 0.717) is 11.3 Å². The van der Waals surface area contributed by atoms with Crippen LogP contribution in [0.15, 0.2) is 54.6 Å². The Bertz CT molecular complexity index is 581. The number of primary amides is 1. The van der Waals surface area contributed by atoms with Gasteiger partial charge in [-0.3, -0.25) is 4.79 Å². The average Bonchev–Trinajstić information content (AvgIpc) is 2.47. The number of benzene rings is 2. The van der Waals surface area contributed by atoms with Gasteiger partial charge < -0.3 is 16.2 Å². The van der Waals surface area contributed by atoms with Crippen LogP contribution in [0.1, 0.15) is 11.1 Å². The van der Waals surface area contributed by atoms with Gasteiger partial charge in [-0.1, -0.05) is 48.0 Å². The summed E-state index contributed by atoms with van der Waals surface area (Å²) in [7, 11) is 0. The summed E-state index contributed by atoms with van der Waals surface area (Å²) >= 11 is 0. The summed E-state index contributed by atoms with van der Waals surface area (Å²) < 4.78 is 5.62. The third-order valence-corrected chi connectivity index (χ3v) is 3.22. The lowest BCUT2D eigenvalue weighted by Gasteiger charge is -2.26. The number of ether oxygens (including phenoxy) is 1. The summed E-state index contributed by atoms with van der Waals surface area (Å²) in [6.45, 7) is 1.99. The van der Waals surface area contributed by atoms with Gasteiger partial charge in [0, 0.05) is 0 Å². The lowest BCUT2D eigenvalue weighted by Crippen LogP contribution is -2.53. The molecule has 0 bridgehead atoms. The molecule has 20 heavy (non-hydrogen) atoms. The summed E-state index contributed by atoms with van der Waals surface area (Å²) in [5.74, 6) is 0.0402. The van der Waals surface area contributed by atoms with Crippen molar-refractivity contribution in [2.24, 2.45) is 11.5 Å². The van der Waals surface area contributed by atoms with Gasteiger partial charge >= 0.3 is 0 Å². The second-order valence-electron chi connectivity index (χ2n) is 4.80. The first kappa shape index (κ1) is 14.1. The highest BCUT2D eigenvalue weighted by Gasteiger charge is 2.35. The van der Waals surface area contributed by atoms with Crippen molar-refractivity contribution in [2.75, 3.05) is 6.61 Å². The van der Waals surface area contributed by atoms with E-state index < -0.39 is 11.4 Å². The zero-order valence-electron chi connectivity index (χ0n) is 11.4. The summed E-state index contributed by atoms with van der Waals surface area (Å²) in [5, 5.41) is 0. The Kier molecular flexibility index (Phi) is 4.05. The van der Waals surface area contributed by atoms with Crippen molar-refractivity contribution >= 4 is 5.91 Å². The van der Waals surface area contributed by atoms with Crippen molar-refractivity contribution in [3.8, 4) is 5.75 Å². The molecular weight excluding hydrogens is 252 g/mol. The largest absolute Gasteiger partial charge is 0.491 e. The molecule has 0 aromatic heterocycles. The highest BCUT2D eigenvalue weighted by molar-refractivity contribution is 5.86. The van der Waals surface area contributed by atoms with Crippen LogP contribution in [0.4, 0.5) is 0 Å². The van der Waals surface area contributed by atoms with Crippen LogP contribution < -0.4 is 16.2 Å². The van der Waals surface area contributed by atoms with E-state index >= 15 is 0 Å². The summed E-state index contributed by atoms with van der Waals surface area (Å²) in [5.41, 5.74) is 12.0. The molecule has 0 aliphatic heterocycles. The van der Waals surface area contributed by atoms with E-state index in [1.165, 1.54) is 0 Å². The van der Waals surface area contributed by atoms with Gasteiger partial charge in [0.15, 0.2) is 5.54 Å². The molecule has 0 saturated carbocycles. The van der Waals surface area contributed by atoms with Gasteiger partial charge in [-0.2, -0.15) is 0 Å². The van der Waals surface area contributed by atoms with Gasteiger partial charge in [-0.25, -0.2) is 0 Å². The first-order valence-corrected chi connectivity index (χ1v) is 6.36. The number of rotatable bonds is 5. The maximum Gasteiger partial charge on any atom is 0.245 e. The highest BCUT2D eigenvalue weighted by atomic mass is 16.5. The number of aryl methyl sites for hydroxylation is 1. The van der Waals surface area contributed by atoms with Crippen molar-refractivity contribution in [1.29, 1.82) is 0 Å². The quantitative estimate of drug-likeness (QED) is 0.868. The van der Waals surface area contributed by atoms with Crippen molar-refractivity contribution in [3.63, 3.8) is 0 Å². The molecule has 1 atom stereocenters. The fraction of sp³-hybridized carbons (Fsp3) is 0.188. The monoisotopic (exact) mass is 270 g/mol. The summed E-state index contributed by atoms with van der Waals surface area (Å²) in [6.07, 6.45) is 0. The molecule has 4 N–H and O–H groups in total. The van der Waals surface area contributed by atoms with Crippen LogP contribution in [-0.4, -0.2) is 12.5 Å². The van der Waals surface area contributed by atoms with Crippen LogP contribution in [0.5, 0.6) is 5.75 Å². The molecule has 0 fully saturated rings. The fourth-order valence-corrected chi connectivity index (χ4v) is 1.86. The zero-order chi connectivity index (χ0) is 14.6. The minimum absolute atomic E-state index is 0.00456. The van der Waals surface area contributed by atoms with Crippen LogP contribution in [0.2, 0.25) is 0 Å². The molecule has 0 aliphatic carbocycles. The first-order valence-electron chi connectivity index (χ1n) is 6.36. The Morgan fingerprint density at radius 1 is 1.10 bits per heavy atom. The number of carbonyl (C=O) groups is 1. The lowest BCUT2D eigenvalue weighted by atomic mass is 9.91. The first-order chi connectivity index (χ1) is 9.52. The third-order valence-electron chi connectivity index (χ3n) is 3.22. The summed E-state index contributed by atoms with van der Waals surface area (Å²) in [4.78, 5) is 11.7. The topological polar surface area (TPSA) is 78.3 Å². The van der Waals surface area contributed by atoms with Crippen LogP contribution in [-0.2, 0) is 10.3 Å². The standard InChI is InChI=1S/C16H18N2O2/c1-12-7-9-14(10-8-12)20-11-16(18,15(17)19)13-5-3-2-4-6-13/h2-10H,11,18H2,1H3,(H2,17,19). The normalized spacial score (nSPS) is 13.5. The van der Waals surface area contributed by atoms with Crippen molar-refractivity contribution in [2.45, 2.75) is 12.5 Å². The van der Waals surface area contributed by atoms with Crippen LogP contribution in [0, 0.1) is 6.92 Å². The van der Waals surface area contributed by atoms with E-state index in [-0.39, 0.29) is 6.61 Å². The van der Waals surface area contributed by atoms with E-state index in [9.17, 15) is 4.79 Å². The Hall–Kier alpha value is -2.33. The lowest BCUT2D eigenvalue weighted by molar-refractivity contribution is -0.124. The minimum atomic E-state index is -1.34. The van der Waals surface area contributed by atoms with E-state index in [1.807, 2.05) is 49.4 Å². The smallest absolute Gasteiger partial charge is 0.245 e. The van der Waals surface area contributed by atoms with Gasteiger partial charge in [0.2, 0.25) is 5.91 Å². The molecule has 0 saturated heterocycles. The molecule has 2 rings (SSSR count). The molecule has 1 unspecified atom stereocenters. The summed E-state index contributed by atoms with van der Waals surface area (Å²) in [6, 6.07) is 16.5. The predicted octanol–water partition coefficient (Wildman–Crippen LogP) is 1.71. The molecule has 0 heterocycles. The Morgan fingerprint density at radius 2 is 1.70 bits per heavy atom. The molecule has 0 spiro atoms. The average molecular weight is 270 g/mol. The Morgan fingerprint density at radius 3 is 2.25 bits per heavy atom. The van der Waals surface area contributed by atoms with E-state index in [2.05, 4.69) is 0 Å². The van der Waals surface area contributed by atoms with Crippen molar-refractivity contribution < 1.29 is 9.53 Å². The van der Waals surface area contributed by atoms with Crippen molar-refractivity contribution in [3.05, 3.63) is 65.7 Å². The van der Waals surface area contributed by atoms with Gasteiger partial charge in [-0.15, -0.1) is 0 Å². The van der Waals surface area contributed by atoms with Gasteiger partial charge in [0.1, 0.15) is 12.4 Å². The van der Waals surface area contributed by atoms with E-state index in [4.69, 9.17) is 16.2 Å². The SMILES string of the molecule is Cc1ccc(OCC(N)(C(N)=O)c2ccccc2)cc1. The molecule has 1 amide bonds. The number of hydrogen-bond donors (Lipinski definition) is 2. The van der Waals surface area contributed by atoms with Gasteiger partial charge in [0.05, 0.1) is 0 Å². The van der Waals surface area contributed by atoms with Crippen LogP contribution in [0.25, 0.3) is 0 Å². The minimum Gasteiger partial charge on any atom is -0.491 e. The van der Waals surface area contributed by atoms with Gasteiger partial charge in [-0.05, 0) is 24.6 Å². The Balaban J connectivity index is 2.18. The Labute approximate surface area is 118 Å². The number of carbonyl (C=O) groups excluding carboxylic acids is 1. The molecule has 2 aromatic carbocycles. The maximum atomic E-state index is 11.7.